The number of nitrogens with one attached hydrogen (secondary N) is 2. The van der Waals surface area contributed by atoms with E-state index in [0.29, 0.717) is 32.0 Å². The maximum atomic E-state index is 12.1. The van der Waals surface area contributed by atoms with Crippen molar-refractivity contribution in [2.75, 3.05) is 40.9 Å². The molecule has 0 saturated heterocycles. The van der Waals surface area contributed by atoms with Crippen molar-refractivity contribution in [3.63, 3.8) is 0 Å². The van der Waals surface area contributed by atoms with E-state index in [-0.39, 0.29) is 11.1 Å². The lowest BCUT2D eigenvalue weighted by Gasteiger charge is -2.19. The van der Waals surface area contributed by atoms with Crippen LogP contribution in [0.4, 0.5) is 0 Å². The van der Waals surface area contributed by atoms with Gasteiger partial charge in [0.05, 0.1) is 13.2 Å². The molecular weight excluding hydrogens is 294 g/mol. The fraction of sp³-hybridized carbons (Fsp3) is 0.692. The fourth-order valence-corrected chi connectivity index (χ4v) is 2.53. The van der Waals surface area contributed by atoms with Gasteiger partial charge in [-0.1, -0.05) is 0 Å². The maximum Gasteiger partial charge on any atom is 0.274 e. The van der Waals surface area contributed by atoms with Crippen molar-refractivity contribution < 1.29 is 17.6 Å². The van der Waals surface area contributed by atoms with Gasteiger partial charge in [-0.2, -0.15) is 0 Å². The van der Waals surface area contributed by atoms with E-state index in [1.807, 2.05) is 25.9 Å². The molecule has 0 saturated carbocycles. The molecule has 1 aromatic rings. The first-order chi connectivity index (χ1) is 9.86. The SMILES string of the molecule is COCCNCc1ccc(S(=O)(=O)NCC(C)N(C)C)o1. The number of methoxy groups -OCH3 is 1. The molecule has 1 heterocycles. The summed E-state index contributed by atoms with van der Waals surface area (Å²) in [7, 11) is 1.82. The molecule has 0 aliphatic rings. The zero-order valence-electron chi connectivity index (χ0n) is 13.0. The smallest absolute Gasteiger partial charge is 0.274 e. The van der Waals surface area contributed by atoms with Crippen molar-refractivity contribution in [1.29, 1.82) is 0 Å². The Labute approximate surface area is 126 Å². The van der Waals surface area contributed by atoms with E-state index in [2.05, 4.69) is 10.0 Å². The number of hydrogen-bond acceptors (Lipinski definition) is 6. The Morgan fingerprint density at radius 1 is 1.38 bits per heavy atom. The van der Waals surface area contributed by atoms with E-state index in [4.69, 9.17) is 9.15 Å². The largest absolute Gasteiger partial charge is 0.447 e. The van der Waals surface area contributed by atoms with Crippen molar-refractivity contribution in [3.8, 4) is 0 Å². The molecule has 0 bridgehead atoms. The first-order valence-electron chi connectivity index (χ1n) is 6.81. The van der Waals surface area contributed by atoms with Crippen LogP contribution in [0.2, 0.25) is 0 Å². The number of hydrogen-bond donors (Lipinski definition) is 2. The molecule has 1 atom stereocenters. The first-order valence-corrected chi connectivity index (χ1v) is 8.29. The summed E-state index contributed by atoms with van der Waals surface area (Å²) in [6.45, 7) is 4.01. The second-order valence-electron chi connectivity index (χ2n) is 5.05. The second kappa shape index (κ2) is 8.50. The van der Waals surface area contributed by atoms with Gasteiger partial charge in [0.1, 0.15) is 5.76 Å². The van der Waals surface area contributed by atoms with Crippen molar-refractivity contribution in [1.82, 2.24) is 14.9 Å². The summed E-state index contributed by atoms with van der Waals surface area (Å²) in [5.74, 6) is 0.576. The highest BCUT2D eigenvalue weighted by Crippen LogP contribution is 2.13. The van der Waals surface area contributed by atoms with Gasteiger partial charge in [-0.15, -0.1) is 0 Å². The number of furan rings is 1. The predicted octanol–water partition coefficient (Wildman–Crippen LogP) is 0.244. The van der Waals surface area contributed by atoms with E-state index in [9.17, 15) is 8.42 Å². The molecule has 21 heavy (non-hydrogen) atoms. The standard InChI is InChI=1S/C13H25N3O4S/c1-11(16(2)3)9-15-21(17,18)13-6-5-12(20-13)10-14-7-8-19-4/h5-6,11,14-15H,7-10H2,1-4H3. The van der Waals surface area contributed by atoms with Gasteiger partial charge >= 0.3 is 0 Å². The van der Waals surface area contributed by atoms with Crippen LogP contribution in [0.3, 0.4) is 0 Å². The second-order valence-corrected chi connectivity index (χ2v) is 6.75. The van der Waals surface area contributed by atoms with Crippen LogP contribution in [-0.4, -0.2) is 60.3 Å². The summed E-state index contributed by atoms with van der Waals surface area (Å²) in [6, 6.07) is 3.23. The number of ether oxygens (including phenoxy) is 1. The minimum absolute atomic E-state index is 0.0583. The highest BCUT2D eigenvalue weighted by molar-refractivity contribution is 7.89. The highest BCUT2D eigenvalue weighted by atomic mass is 32.2. The normalized spacial score (nSPS) is 13.8. The monoisotopic (exact) mass is 319 g/mol. The molecule has 0 spiro atoms. The Hall–Kier alpha value is -0.930. The van der Waals surface area contributed by atoms with Crippen LogP contribution >= 0.6 is 0 Å². The van der Waals surface area contributed by atoms with Crippen LogP contribution in [-0.2, 0) is 21.3 Å². The molecular formula is C13H25N3O4S. The van der Waals surface area contributed by atoms with Gasteiger partial charge in [-0.25, -0.2) is 13.1 Å². The molecule has 0 aromatic carbocycles. The highest BCUT2D eigenvalue weighted by Gasteiger charge is 2.19. The fourth-order valence-electron chi connectivity index (χ4n) is 1.47. The van der Waals surface area contributed by atoms with E-state index in [1.54, 1.807) is 13.2 Å². The Bertz CT molecular complexity index is 513. The van der Waals surface area contributed by atoms with E-state index < -0.39 is 10.0 Å². The van der Waals surface area contributed by atoms with Gasteiger partial charge in [0.25, 0.3) is 10.0 Å². The van der Waals surface area contributed by atoms with Crippen molar-refractivity contribution in [3.05, 3.63) is 17.9 Å². The molecule has 0 radical (unpaired) electrons. The molecule has 7 nitrogen and oxygen atoms in total. The summed E-state index contributed by atoms with van der Waals surface area (Å²) >= 11 is 0. The number of likely N-dealkylation sites (N-methyl/N-ethyl adjacent to an activating group) is 1. The third kappa shape index (κ3) is 6.15. The van der Waals surface area contributed by atoms with Crippen molar-refractivity contribution in [2.24, 2.45) is 0 Å². The van der Waals surface area contributed by atoms with Gasteiger partial charge < -0.3 is 19.4 Å². The molecule has 0 amide bonds. The van der Waals surface area contributed by atoms with Gasteiger partial charge in [0.15, 0.2) is 0 Å². The number of rotatable bonds is 10. The molecule has 1 unspecified atom stereocenters. The topological polar surface area (TPSA) is 83.8 Å². The van der Waals surface area contributed by atoms with Crippen LogP contribution in [0.1, 0.15) is 12.7 Å². The first kappa shape index (κ1) is 18.1. The van der Waals surface area contributed by atoms with Gasteiger partial charge in [0, 0.05) is 26.2 Å². The minimum atomic E-state index is -3.60. The quantitative estimate of drug-likeness (QED) is 0.601. The lowest BCUT2D eigenvalue weighted by Crippen LogP contribution is -2.38. The molecule has 1 aromatic heterocycles. The molecule has 2 N–H and O–H groups in total. The molecule has 122 valence electrons. The Balaban J connectivity index is 2.53. The van der Waals surface area contributed by atoms with Gasteiger partial charge in [0.2, 0.25) is 5.09 Å². The molecule has 0 fully saturated rings. The lowest BCUT2D eigenvalue weighted by molar-refractivity contribution is 0.198. The molecule has 8 heteroatoms. The average molecular weight is 319 g/mol. The predicted molar refractivity (Wildman–Crippen MR) is 80.6 cm³/mol. The van der Waals surface area contributed by atoms with Crippen molar-refractivity contribution in [2.45, 2.75) is 24.6 Å². The lowest BCUT2D eigenvalue weighted by atomic mass is 10.3. The Kier molecular flexibility index (Phi) is 7.33. The van der Waals surface area contributed by atoms with E-state index in [0.717, 1.165) is 0 Å². The zero-order valence-corrected chi connectivity index (χ0v) is 13.9. The van der Waals surface area contributed by atoms with Crippen LogP contribution in [0.15, 0.2) is 21.6 Å². The summed E-state index contributed by atoms with van der Waals surface area (Å²) < 4.78 is 37.0. The molecule has 1 rings (SSSR count). The van der Waals surface area contributed by atoms with Crippen LogP contribution < -0.4 is 10.0 Å². The third-order valence-electron chi connectivity index (χ3n) is 3.13. The summed E-state index contributed by atoms with van der Waals surface area (Å²) in [5, 5.41) is 3.03. The summed E-state index contributed by atoms with van der Waals surface area (Å²) in [5.41, 5.74) is 0. The number of sulfonamides is 1. The van der Waals surface area contributed by atoms with Gasteiger partial charge in [-0.05, 0) is 33.2 Å². The molecule has 0 aliphatic heterocycles. The van der Waals surface area contributed by atoms with E-state index >= 15 is 0 Å². The third-order valence-corrected chi connectivity index (χ3v) is 4.43. The Morgan fingerprint density at radius 2 is 2.10 bits per heavy atom. The van der Waals surface area contributed by atoms with Crippen LogP contribution in [0.25, 0.3) is 0 Å². The maximum absolute atomic E-state index is 12.1. The van der Waals surface area contributed by atoms with E-state index in [1.165, 1.54) is 6.07 Å². The Morgan fingerprint density at radius 3 is 2.71 bits per heavy atom. The van der Waals surface area contributed by atoms with Crippen LogP contribution in [0, 0.1) is 0 Å². The average Bonchev–Trinajstić information content (AvgIpc) is 2.90. The zero-order chi connectivity index (χ0) is 15.9. The summed E-state index contributed by atoms with van der Waals surface area (Å²) in [4.78, 5) is 1.94. The number of nitrogens with zero attached hydrogens (tertiary/aromatic N) is 1. The van der Waals surface area contributed by atoms with Gasteiger partial charge in [-0.3, -0.25) is 0 Å². The molecule has 0 aliphatic carbocycles. The van der Waals surface area contributed by atoms with Crippen LogP contribution in [0.5, 0.6) is 0 Å². The minimum Gasteiger partial charge on any atom is -0.447 e. The summed E-state index contributed by atoms with van der Waals surface area (Å²) in [6.07, 6.45) is 0. The van der Waals surface area contributed by atoms with Crippen molar-refractivity contribution >= 4 is 10.0 Å².